The topological polar surface area (TPSA) is 95.3 Å². The van der Waals surface area contributed by atoms with Crippen LogP contribution in [0.1, 0.15) is 34.9 Å². The number of anilines is 1. The molecule has 1 saturated carbocycles. The molecule has 6 rings (SSSR count). The zero-order valence-electron chi connectivity index (χ0n) is 22.2. The fraction of sp³-hybridized carbons (Fsp3) is 0.161. The van der Waals surface area contributed by atoms with Crippen molar-refractivity contribution in [2.24, 2.45) is 0 Å². The summed E-state index contributed by atoms with van der Waals surface area (Å²) in [5.41, 5.74) is 2.04. The van der Waals surface area contributed by atoms with Gasteiger partial charge in [0.15, 0.2) is 17.3 Å². The highest BCUT2D eigenvalue weighted by Gasteiger charge is 2.28. The number of ether oxygens (including phenoxy) is 2. The predicted molar refractivity (Wildman–Crippen MR) is 150 cm³/mol. The maximum atomic E-state index is 15.1. The van der Waals surface area contributed by atoms with Crippen LogP contribution in [0.4, 0.5) is 14.5 Å². The van der Waals surface area contributed by atoms with E-state index in [2.05, 4.69) is 15.3 Å². The lowest BCUT2D eigenvalue weighted by Gasteiger charge is -2.17. The monoisotopic (exact) mass is 554 g/mol. The third kappa shape index (κ3) is 5.11. The van der Waals surface area contributed by atoms with Crippen LogP contribution in [-0.4, -0.2) is 27.6 Å². The number of aromatic nitrogens is 3. The average molecular weight is 555 g/mol. The van der Waals surface area contributed by atoms with E-state index in [0.717, 1.165) is 18.9 Å². The molecule has 2 aromatic carbocycles. The van der Waals surface area contributed by atoms with Crippen LogP contribution in [0.2, 0.25) is 0 Å². The van der Waals surface area contributed by atoms with E-state index >= 15 is 4.39 Å². The normalized spacial score (nSPS) is 12.8. The summed E-state index contributed by atoms with van der Waals surface area (Å²) in [4.78, 5) is 35.4. The number of benzene rings is 2. The largest absolute Gasteiger partial charge is 0.481 e. The van der Waals surface area contributed by atoms with E-state index in [9.17, 15) is 14.0 Å². The molecule has 5 aromatic rings. The molecule has 8 nitrogen and oxygen atoms in total. The maximum Gasteiger partial charge on any atom is 0.261 e. The molecular formula is C31H24F2N4O4. The van der Waals surface area contributed by atoms with Gasteiger partial charge in [-0.1, -0.05) is 12.1 Å². The van der Waals surface area contributed by atoms with Gasteiger partial charge in [-0.15, -0.1) is 0 Å². The van der Waals surface area contributed by atoms with Crippen molar-refractivity contribution in [1.29, 1.82) is 0 Å². The summed E-state index contributed by atoms with van der Waals surface area (Å²) in [6, 6.07) is 14.7. The molecule has 0 spiro atoms. The summed E-state index contributed by atoms with van der Waals surface area (Å²) in [5, 5.41) is 2.62. The molecular weight excluding hydrogens is 530 g/mol. The summed E-state index contributed by atoms with van der Waals surface area (Å²) in [5.74, 6) is -1.30. The Kier molecular flexibility index (Phi) is 6.66. The van der Waals surface area contributed by atoms with Gasteiger partial charge in [0.1, 0.15) is 16.9 Å². The molecule has 0 aliphatic heterocycles. The molecule has 0 unspecified atom stereocenters. The molecule has 0 bridgehead atoms. The van der Waals surface area contributed by atoms with Gasteiger partial charge in [0.2, 0.25) is 11.3 Å². The molecule has 0 saturated heterocycles. The van der Waals surface area contributed by atoms with Gasteiger partial charge in [-0.25, -0.2) is 13.8 Å². The summed E-state index contributed by atoms with van der Waals surface area (Å²) < 4.78 is 41.6. The van der Waals surface area contributed by atoms with E-state index in [1.165, 1.54) is 49.7 Å². The van der Waals surface area contributed by atoms with E-state index < -0.39 is 23.0 Å². The summed E-state index contributed by atoms with van der Waals surface area (Å²) in [7, 11) is 1.49. The number of hydrogen-bond donors (Lipinski definition) is 1. The minimum absolute atomic E-state index is 0.0918. The van der Waals surface area contributed by atoms with Gasteiger partial charge < -0.3 is 19.4 Å². The third-order valence-corrected chi connectivity index (χ3v) is 6.95. The molecule has 206 valence electrons. The molecule has 1 aliphatic rings. The molecule has 3 heterocycles. The molecule has 0 atom stereocenters. The quantitative estimate of drug-likeness (QED) is 0.249. The summed E-state index contributed by atoms with van der Waals surface area (Å²) in [6.45, 7) is 1.81. The Labute approximate surface area is 233 Å². The lowest BCUT2D eigenvalue weighted by molar-refractivity contribution is 0.102. The van der Waals surface area contributed by atoms with E-state index in [1.807, 2.05) is 11.5 Å². The Morgan fingerprint density at radius 3 is 2.51 bits per heavy atom. The molecule has 1 amide bonds. The average Bonchev–Trinajstić information content (AvgIpc) is 3.81. The Bertz CT molecular complexity index is 1870. The molecule has 3 aromatic heterocycles. The molecule has 1 aliphatic carbocycles. The SMILES string of the molecule is COc1ccc2nccc(Oc3ccc(NC(=O)c4cn(C5CC5)c(C)c(-c5ccc(F)cc5)c4=O)cc3F)c2n1. The lowest BCUT2D eigenvalue weighted by atomic mass is 10.0. The first kappa shape index (κ1) is 26.1. The minimum atomic E-state index is -0.734. The number of rotatable bonds is 7. The second kappa shape index (κ2) is 10.5. The number of amides is 1. The van der Waals surface area contributed by atoms with Crippen molar-refractivity contribution >= 4 is 22.6 Å². The zero-order valence-corrected chi connectivity index (χ0v) is 22.2. The van der Waals surface area contributed by atoms with E-state index in [1.54, 1.807) is 24.4 Å². The van der Waals surface area contributed by atoms with Crippen LogP contribution in [0.3, 0.4) is 0 Å². The number of nitrogens with one attached hydrogen (secondary N) is 1. The van der Waals surface area contributed by atoms with Gasteiger partial charge in [0.25, 0.3) is 5.91 Å². The second-order valence-electron chi connectivity index (χ2n) is 9.71. The first-order valence-electron chi connectivity index (χ1n) is 12.9. The van der Waals surface area contributed by atoms with E-state index in [4.69, 9.17) is 9.47 Å². The summed E-state index contributed by atoms with van der Waals surface area (Å²) >= 11 is 0. The zero-order chi connectivity index (χ0) is 28.7. The fourth-order valence-corrected chi connectivity index (χ4v) is 4.73. The van der Waals surface area contributed by atoms with Gasteiger partial charge in [-0.2, -0.15) is 0 Å². The first-order chi connectivity index (χ1) is 19.8. The van der Waals surface area contributed by atoms with Crippen LogP contribution >= 0.6 is 0 Å². The number of halogens is 2. The van der Waals surface area contributed by atoms with Crippen LogP contribution in [0, 0.1) is 18.6 Å². The van der Waals surface area contributed by atoms with Gasteiger partial charge >= 0.3 is 0 Å². The molecule has 10 heteroatoms. The second-order valence-corrected chi connectivity index (χ2v) is 9.71. The van der Waals surface area contributed by atoms with Crippen molar-refractivity contribution in [2.75, 3.05) is 12.4 Å². The highest BCUT2D eigenvalue weighted by atomic mass is 19.1. The highest BCUT2D eigenvalue weighted by molar-refractivity contribution is 6.04. The highest BCUT2D eigenvalue weighted by Crippen LogP contribution is 2.37. The lowest BCUT2D eigenvalue weighted by Crippen LogP contribution is -2.26. The molecule has 1 fully saturated rings. The van der Waals surface area contributed by atoms with Gasteiger partial charge in [0, 0.05) is 53.6 Å². The summed E-state index contributed by atoms with van der Waals surface area (Å²) in [6.07, 6.45) is 4.92. The van der Waals surface area contributed by atoms with Crippen LogP contribution in [-0.2, 0) is 0 Å². The number of fused-ring (bicyclic) bond motifs is 1. The Hall–Kier alpha value is -5.12. The third-order valence-electron chi connectivity index (χ3n) is 6.95. The van der Waals surface area contributed by atoms with Gasteiger partial charge in [0.05, 0.1) is 12.6 Å². The van der Waals surface area contributed by atoms with E-state index in [0.29, 0.717) is 33.7 Å². The van der Waals surface area contributed by atoms with Gasteiger partial charge in [-0.3, -0.25) is 14.6 Å². The number of hydrogen-bond acceptors (Lipinski definition) is 6. The Morgan fingerprint density at radius 2 is 1.80 bits per heavy atom. The van der Waals surface area contributed by atoms with Crippen molar-refractivity contribution in [3.8, 4) is 28.5 Å². The van der Waals surface area contributed by atoms with Crippen molar-refractivity contribution < 1.29 is 23.0 Å². The fourth-order valence-electron chi connectivity index (χ4n) is 4.73. The number of carbonyl (C=O) groups excluding carboxylic acids is 1. The maximum absolute atomic E-state index is 15.1. The van der Waals surface area contributed by atoms with Crippen molar-refractivity contribution in [1.82, 2.24) is 14.5 Å². The number of carbonyl (C=O) groups is 1. The van der Waals surface area contributed by atoms with Crippen LogP contribution in [0.25, 0.3) is 22.2 Å². The number of nitrogens with zero attached hydrogens (tertiary/aromatic N) is 3. The van der Waals surface area contributed by atoms with Crippen molar-refractivity contribution in [3.05, 3.63) is 106 Å². The Balaban J connectivity index is 1.29. The molecule has 1 N–H and O–H groups in total. The van der Waals surface area contributed by atoms with Crippen molar-refractivity contribution in [3.63, 3.8) is 0 Å². The van der Waals surface area contributed by atoms with Gasteiger partial charge in [-0.05, 0) is 55.7 Å². The van der Waals surface area contributed by atoms with Crippen LogP contribution in [0.15, 0.2) is 77.9 Å². The molecule has 0 radical (unpaired) electrons. The van der Waals surface area contributed by atoms with Crippen LogP contribution < -0.4 is 20.2 Å². The van der Waals surface area contributed by atoms with E-state index in [-0.39, 0.29) is 28.8 Å². The van der Waals surface area contributed by atoms with Crippen molar-refractivity contribution in [2.45, 2.75) is 25.8 Å². The smallest absolute Gasteiger partial charge is 0.261 e. The number of methoxy groups -OCH3 is 1. The molecule has 41 heavy (non-hydrogen) atoms. The van der Waals surface area contributed by atoms with Crippen LogP contribution in [0.5, 0.6) is 17.4 Å². The minimum Gasteiger partial charge on any atom is -0.481 e. The number of pyridine rings is 3. The Morgan fingerprint density at radius 1 is 1.02 bits per heavy atom. The standard InChI is InChI=1S/C31H24F2N4O4/c1-17-28(18-3-5-19(32)6-4-18)30(38)22(16-37(17)21-8-9-21)31(39)35-20-7-11-25(23(33)15-20)41-26-13-14-34-24-10-12-27(40-2)36-29(24)26/h3-7,10-16,21H,8-9H2,1-2H3,(H,35,39). The first-order valence-corrected chi connectivity index (χ1v) is 12.9. The predicted octanol–water partition coefficient (Wildman–Crippen LogP) is 6.43.